The minimum Gasteiger partial charge on any atom is -0.339 e. The number of nitrogens with zero attached hydrogens (tertiary/aromatic N) is 2. The van der Waals surface area contributed by atoms with Crippen molar-refractivity contribution in [3.8, 4) is 0 Å². The molecule has 1 amide bonds. The summed E-state index contributed by atoms with van der Waals surface area (Å²) < 4.78 is 0. The van der Waals surface area contributed by atoms with Crippen molar-refractivity contribution in [3.63, 3.8) is 0 Å². The van der Waals surface area contributed by atoms with Crippen LogP contribution < -0.4 is 0 Å². The van der Waals surface area contributed by atoms with E-state index in [4.69, 9.17) is 0 Å². The van der Waals surface area contributed by atoms with E-state index in [9.17, 15) is 4.79 Å². The molecule has 0 aliphatic carbocycles. The molecule has 2 atom stereocenters. The molecule has 4 heteroatoms. The molecule has 0 saturated carbocycles. The van der Waals surface area contributed by atoms with Gasteiger partial charge in [-0.05, 0) is 31.4 Å². The molecule has 3 nitrogen and oxygen atoms in total. The second kappa shape index (κ2) is 6.84. The highest BCUT2D eigenvalue weighted by Gasteiger charge is 2.32. The van der Waals surface area contributed by atoms with Crippen molar-refractivity contribution in [3.05, 3.63) is 35.9 Å². The van der Waals surface area contributed by atoms with Crippen LogP contribution in [-0.4, -0.2) is 53.2 Å². The molecule has 2 fully saturated rings. The summed E-state index contributed by atoms with van der Waals surface area (Å²) in [5.74, 6) is 0.201. The third-order valence-corrected chi connectivity index (χ3v) is 5.11. The third-order valence-electron chi connectivity index (χ3n) is 4.71. The van der Waals surface area contributed by atoms with Gasteiger partial charge in [-0.25, -0.2) is 0 Å². The number of piperidine rings is 1. The lowest BCUT2D eigenvalue weighted by molar-refractivity contribution is -0.134. The molecule has 2 aliphatic rings. The summed E-state index contributed by atoms with van der Waals surface area (Å²) in [5, 5.41) is -0.220. The van der Waals surface area contributed by atoms with E-state index < -0.39 is 0 Å². The van der Waals surface area contributed by atoms with Crippen LogP contribution >= 0.6 is 12.6 Å². The number of carbonyl (C=O) groups excluding carboxylic acids is 1. The average molecular weight is 304 g/mol. The maximum atomic E-state index is 12.6. The van der Waals surface area contributed by atoms with Gasteiger partial charge in [0.2, 0.25) is 5.91 Å². The lowest BCUT2D eigenvalue weighted by atomic mass is 9.99. The lowest BCUT2D eigenvalue weighted by Gasteiger charge is -2.44. The van der Waals surface area contributed by atoms with E-state index in [1.807, 2.05) is 23.1 Å². The van der Waals surface area contributed by atoms with E-state index in [2.05, 4.69) is 29.7 Å². The molecule has 2 unspecified atom stereocenters. The monoisotopic (exact) mass is 304 g/mol. The van der Waals surface area contributed by atoms with Crippen LogP contribution in [-0.2, 0) is 11.2 Å². The van der Waals surface area contributed by atoms with Crippen LogP contribution in [0.4, 0.5) is 0 Å². The maximum absolute atomic E-state index is 12.6. The Morgan fingerprint density at radius 2 is 2.00 bits per heavy atom. The van der Waals surface area contributed by atoms with Crippen LogP contribution in [0.3, 0.4) is 0 Å². The predicted octanol–water partition coefficient (Wildman–Crippen LogP) is 2.22. The second-order valence-corrected chi connectivity index (χ2v) is 6.80. The second-order valence-electron chi connectivity index (χ2n) is 6.18. The highest BCUT2D eigenvalue weighted by molar-refractivity contribution is 7.81. The van der Waals surface area contributed by atoms with Gasteiger partial charge in [0, 0.05) is 25.7 Å². The Morgan fingerprint density at radius 3 is 2.81 bits per heavy atom. The molecule has 2 aliphatic heterocycles. The first kappa shape index (κ1) is 14.9. The first-order valence-corrected chi connectivity index (χ1v) is 8.50. The van der Waals surface area contributed by atoms with Crippen molar-refractivity contribution in [2.75, 3.05) is 26.2 Å². The Morgan fingerprint density at radius 1 is 1.19 bits per heavy atom. The van der Waals surface area contributed by atoms with E-state index in [-0.39, 0.29) is 11.2 Å². The van der Waals surface area contributed by atoms with Crippen LogP contribution in [0.1, 0.15) is 24.8 Å². The molecule has 2 saturated heterocycles. The molecule has 21 heavy (non-hydrogen) atoms. The van der Waals surface area contributed by atoms with Crippen LogP contribution in [0.5, 0.6) is 0 Å². The van der Waals surface area contributed by atoms with Crippen molar-refractivity contribution in [1.29, 1.82) is 0 Å². The van der Waals surface area contributed by atoms with E-state index in [0.717, 1.165) is 19.6 Å². The number of carbonyl (C=O) groups is 1. The van der Waals surface area contributed by atoms with Crippen LogP contribution in [0.2, 0.25) is 0 Å². The zero-order chi connectivity index (χ0) is 14.7. The summed E-state index contributed by atoms with van der Waals surface area (Å²) in [7, 11) is 0. The summed E-state index contributed by atoms with van der Waals surface area (Å²) in [4.78, 5) is 17.2. The maximum Gasteiger partial charge on any atom is 0.235 e. The smallest absolute Gasteiger partial charge is 0.235 e. The highest BCUT2D eigenvalue weighted by Crippen LogP contribution is 2.22. The number of piperazine rings is 1. The molecule has 0 aromatic heterocycles. The first-order chi connectivity index (χ1) is 10.2. The molecule has 1 aromatic carbocycles. The molecule has 0 spiro atoms. The van der Waals surface area contributed by atoms with Crippen molar-refractivity contribution in [2.45, 2.75) is 37.0 Å². The van der Waals surface area contributed by atoms with Crippen molar-refractivity contribution in [2.24, 2.45) is 0 Å². The van der Waals surface area contributed by atoms with E-state index in [1.54, 1.807) is 0 Å². The molecule has 2 heterocycles. The van der Waals surface area contributed by atoms with Gasteiger partial charge in [-0.2, -0.15) is 12.6 Å². The van der Waals surface area contributed by atoms with Gasteiger partial charge in [0.1, 0.15) is 0 Å². The topological polar surface area (TPSA) is 23.6 Å². The van der Waals surface area contributed by atoms with Crippen LogP contribution in [0.25, 0.3) is 0 Å². The first-order valence-electron chi connectivity index (χ1n) is 7.99. The Kier molecular flexibility index (Phi) is 4.86. The van der Waals surface area contributed by atoms with Crippen molar-refractivity contribution in [1.82, 2.24) is 9.80 Å². The number of benzene rings is 1. The Bertz CT molecular complexity index is 479. The summed E-state index contributed by atoms with van der Waals surface area (Å²) in [6, 6.07) is 10.7. The van der Waals surface area contributed by atoms with Crippen LogP contribution in [0, 0.1) is 0 Å². The number of thiol groups is 1. The fraction of sp³-hybridized carbons (Fsp3) is 0.588. The zero-order valence-electron chi connectivity index (χ0n) is 12.4. The summed E-state index contributed by atoms with van der Waals surface area (Å²) in [5.41, 5.74) is 1.18. The normalized spacial score (nSPS) is 24.4. The molecule has 3 rings (SSSR count). The third kappa shape index (κ3) is 3.61. The quantitative estimate of drug-likeness (QED) is 0.866. The predicted molar refractivity (Wildman–Crippen MR) is 88.7 cm³/mol. The number of hydrogen-bond acceptors (Lipinski definition) is 3. The largest absolute Gasteiger partial charge is 0.339 e. The number of fused-ring (bicyclic) bond motifs is 1. The average Bonchev–Trinajstić information content (AvgIpc) is 2.54. The minimum absolute atomic E-state index is 0.201. The minimum atomic E-state index is -0.220. The molecule has 0 radical (unpaired) electrons. The Hall–Kier alpha value is -1.00. The van der Waals surface area contributed by atoms with Crippen molar-refractivity contribution < 1.29 is 4.79 Å². The SMILES string of the molecule is O=C(C(S)Cc1ccccc1)N1CCN2CCCCC2C1. The Labute approximate surface area is 132 Å². The summed E-state index contributed by atoms with van der Waals surface area (Å²) in [6.07, 6.45) is 4.57. The van der Waals surface area contributed by atoms with Gasteiger partial charge < -0.3 is 4.90 Å². The van der Waals surface area contributed by atoms with Gasteiger partial charge in [0.25, 0.3) is 0 Å². The van der Waals surface area contributed by atoms with Gasteiger partial charge in [-0.15, -0.1) is 0 Å². The fourth-order valence-electron chi connectivity index (χ4n) is 3.49. The van der Waals surface area contributed by atoms with Gasteiger partial charge in [-0.3, -0.25) is 9.69 Å². The molecule has 1 aromatic rings. The Balaban J connectivity index is 1.57. The van der Waals surface area contributed by atoms with E-state index in [1.165, 1.54) is 31.4 Å². The lowest BCUT2D eigenvalue weighted by Crippen LogP contribution is -2.57. The molecular weight excluding hydrogens is 280 g/mol. The van der Waals surface area contributed by atoms with Crippen molar-refractivity contribution >= 4 is 18.5 Å². The standard InChI is InChI=1S/C17H24N2OS/c20-17(16(21)12-14-6-2-1-3-7-14)19-11-10-18-9-5-4-8-15(18)13-19/h1-3,6-7,15-16,21H,4-5,8-13H2. The van der Waals surface area contributed by atoms with Gasteiger partial charge in [0.05, 0.1) is 5.25 Å². The fourth-order valence-corrected chi connectivity index (χ4v) is 3.87. The van der Waals surface area contributed by atoms with E-state index >= 15 is 0 Å². The van der Waals surface area contributed by atoms with E-state index in [0.29, 0.717) is 12.5 Å². The number of rotatable bonds is 3. The summed E-state index contributed by atoms with van der Waals surface area (Å²) >= 11 is 4.56. The van der Waals surface area contributed by atoms with Gasteiger partial charge in [0.15, 0.2) is 0 Å². The molecule has 0 N–H and O–H groups in total. The molecule has 0 bridgehead atoms. The van der Waals surface area contributed by atoms with Crippen LogP contribution in [0.15, 0.2) is 30.3 Å². The van der Waals surface area contributed by atoms with Gasteiger partial charge in [-0.1, -0.05) is 36.8 Å². The molecule has 114 valence electrons. The zero-order valence-corrected chi connectivity index (χ0v) is 13.3. The summed E-state index contributed by atoms with van der Waals surface area (Å²) in [6.45, 7) is 4.00. The molecular formula is C17H24N2OS. The highest BCUT2D eigenvalue weighted by atomic mass is 32.1. The number of amides is 1. The van der Waals surface area contributed by atoms with Gasteiger partial charge >= 0.3 is 0 Å². The number of hydrogen-bond donors (Lipinski definition) is 1.